The van der Waals surface area contributed by atoms with Crippen LogP contribution in [0.4, 0.5) is 0 Å². The van der Waals surface area contributed by atoms with Gasteiger partial charge in [0.1, 0.15) is 0 Å². The average molecular weight is 337 g/mol. The number of carboxylic acids is 1. The summed E-state index contributed by atoms with van der Waals surface area (Å²) >= 11 is 0. The molecule has 0 heterocycles. The maximum Gasteiger partial charge on any atom is 0.349 e. The predicted octanol–water partition coefficient (Wildman–Crippen LogP) is 0.559. The minimum atomic E-state index is -1.93. The SMILES string of the molecule is CC(=O)O[C@H](C(=O)O)[C@H](OC(C)=O)C(=O)NCc1ccc(C)cc1. The van der Waals surface area contributed by atoms with Crippen molar-refractivity contribution in [2.75, 3.05) is 0 Å². The molecule has 0 saturated carbocycles. The van der Waals surface area contributed by atoms with Gasteiger partial charge in [0.15, 0.2) is 0 Å². The van der Waals surface area contributed by atoms with E-state index in [0.717, 1.165) is 25.0 Å². The van der Waals surface area contributed by atoms with Gasteiger partial charge in [-0.05, 0) is 12.5 Å². The number of hydrogen-bond donors (Lipinski definition) is 2. The number of rotatable bonds is 7. The number of carboxylic acid groups (broad SMARTS) is 1. The molecule has 0 unspecified atom stereocenters. The molecule has 130 valence electrons. The molecule has 0 aromatic heterocycles. The van der Waals surface area contributed by atoms with E-state index in [1.54, 1.807) is 12.1 Å². The van der Waals surface area contributed by atoms with Crippen LogP contribution in [0.5, 0.6) is 0 Å². The lowest BCUT2D eigenvalue weighted by Crippen LogP contribution is -2.49. The number of hydrogen-bond acceptors (Lipinski definition) is 6. The van der Waals surface area contributed by atoms with Crippen molar-refractivity contribution >= 4 is 23.8 Å². The summed E-state index contributed by atoms with van der Waals surface area (Å²) in [5.74, 6) is -4.25. The van der Waals surface area contributed by atoms with Crippen LogP contribution in [0.2, 0.25) is 0 Å². The maximum atomic E-state index is 12.2. The van der Waals surface area contributed by atoms with Crippen LogP contribution in [0.15, 0.2) is 24.3 Å². The highest BCUT2D eigenvalue weighted by molar-refractivity contribution is 5.90. The van der Waals surface area contributed by atoms with Gasteiger partial charge in [-0.1, -0.05) is 29.8 Å². The third-order valence-electron chi connectivity index (χ3n) is 2.95. The van der Waals surface area contributed by atoms with E-state index in [4.69, 9.17) is 9.84 Å². The second-order valence-electron chi connectivity index (χ2n) is 5.10. The molecule has 2 atom stereocenters. The lowest BCUT2D eigenvalue weighted by molar-refractivity contribution is -0.180. The number of amides is 1. The summed E-state index contributed by atoms with van der Waals surface area (Å²) in [5.41, 5.74) is 1.82. The highest BCUT2D eigenvalue weighted by atomic mass is 16.6. The molecule has 24 heavy (non-hydrogen) atoms. The molecule has 1 amide bonds. The van der Waals surface area contributed by atoms with Gasteiger partial charge in [0.25, 0.3) is 5.91 Å². The Hall–Kier alpha value is -2.90. The number of ether oxygens (including phenoxy) is 2. The van der Waals surface area contributed by atoms with E-state index in [0.29, 0.717) is 0 Å². The number of aryl methyl sites for hydroxylation is 1. The zero-order chi connectivity index (χ0) is 18.3. The van der Waals surface area contributed by atoms with Crippen LogP contribution in [0.3, 0.4) is 0 Å². The summed E-state index contributed by atoms with van der Waals surface area (Å²) in [4.78, 5) is 45.6. The van der Waals surface area contributed by atoms with E-state index in [2.05, 4.69) is 10.1 Å². The highest BCUT2D eigenvalue weighted by Crippen LogP contribution is 2.09. The van der Waals surface area contributed by atoms with E-state index >= 15 is 0 Å². The molecule has 0 bridgehead atoms. The van der Waals surface area contributed by atoms with Crippen LogP contribution in [-0.2, 0) is 35.2 Å². The van der Waals surface area contributed by atoms with Gasteiger partial charge in [-0.15, -0.1) is 0 Å². The summed E-state index contributed by atoms with van der Waals surface area (Å²) in [7, 11) is 0. The topological polar surface area (TPSA) is 119 Å². The highest BCUT2D eigenvalue weighted by Gasteiger charge is 2.39. The van der Waals surface area contributed by atoms with Crippen LogP contribution < -0.4 is 5.32 Å². The first-order chi connectivity index (χ1) is 11.2. The molecule has 0 fully saturated rings. The molecule has 0 aliphatic heterocycles. The smallest absolute Gasteiger partial charge is 0.349 e. The van der Waals surface area contributed by atoms with Crippen molar-refractivity contribution in [3.05, 3.63) is 35.4 Å². The normalized spacial score (nSPS) is 12.6. The van der Waals surface area contributed by atoms with E-state index in [-0.39, 0.29) is 6.54 Å². The predicted molar refractivity (Wildman–Crippen MR) is 81.8 cm³/mol. The Morgan fingerprint density at radius 1 is 1.00 bits per heavy atom. The van der Waals surface area contributed by atoms with Gasteiger partial charge in [-0.3, -0.25) is 14.4 Å². The van der Waals surface area contributed by atoms with Crippen molar-refractivity contribution in [2.24, 2.45) is 0 Å². The molecule has 0 spiro atoms. The molecule has 1 rings (SSSR count). The maximum absolute atomic E-state index is 12.2. The second kappa shape index (κ2) is 8.66. The summed E-state index contributed by atoms with van der Waals surface area (Å²) in [6.45, 7) is 4.02. The Morgan fingerprint density at radius 3 is 1.96 bits per heavy atom. The van der Waals surface area contributed by atoms with Crippen LogP contribution in [-0.4, -0.2) is 41.1 Å². The van der Waals surface area contributed by atoms with Gasteiger partial charge in [-0.25, -0.2) is 4.79 Å². The standard InChI is InChI=1S/C16H19NO7/c1-9-4-6-12(7-5-9)8-17-15(20)13(23-10(2)18)14(16(21)22)24-11(3)19/h4-7,13-14H,8H2,1-3H3,(H,17,20)(H,21,22)/t13-,14-/m0/s1. The minimum absolute atomic E-state index is 0.100. The fourth-order valence-corrected chi connectivity index (χ4v) is 1.85. The molecule has 0 saturated heterocycles. The number of benzene rings is 1. The largest absolute Gasteiger partial charge is 0.478 e. The van der Waals surface area contributed by atoms with Gasteiger partial charge in [0.05, 0.1) is 0 Å². The van der Waals surface area contributed by atoms with Gasteiger partial charge in [0, 0.05) is 20.4 Å². The average Bonchev–Trinajstić information content (AvgIpc) is 2.49. The Balaban J connectivity index is 2.86. The molecule has 0 radical (unpaired) electrons. The number of nitrogens with one attached hydrogen (secondary N) is 1. The second-order valence-corrected chi connectivity index (χ2v) is 5.10. The first-order valence-electron chi connectivity index (χ1n) is 7.11. The zero-order valence-corrected chi connectivity index (χ0v) is 13.6. The Labute approximate surface area is 138 Å². The Kier molecular flexibility index (Phi) is 6.91. The van der Waals surface area contributed by atoms with E-state index in [1.165, 1.54) is 0 Å². The molecule has 0 aliphatic rings. The first kappa shape index (κ1) is 19.1. The monoisotopic (exact) mass is 337 g/mol. The first-order valence-corrected chi connectivity index (χ1v) is 7.11. The van der Waals surface area contributed by atoms with Crippen LogP contribution in [0, 0.1) is 6.92 Å². The fourth-order valence-electron chi connectivity index (χ4n) is 1.85. The third kappa shape index (κ3) is 6.07. The van der Waals surface area contributed by atoms with E-state index < -0.39 is 36.0 Å². The van der Waals surface area contributed by atoms with Gasteiger partial charge in [-0.2, -0.15) is 0 Å². The lowest BCUT2D eigenvalue weighted by atomic mass is 10.1. The van der Waals surface area contributed by atoms with Crippen molar-refractivity contribution < 1.29 is 33.8 Å². The molecular formula is C16H19NO7. The Bertz CT molecular complexity index is 624. The Morgan fingerprint density at radius 2 is 1.50 bits per heavy atom. The van der Waals surface area contributed by atoms with E-state index in [9.17, 15) is 19.2 Å². The van der Waals surface area contributed by atoms with Gasteiger partial charge >= 0.3 is 17.9 Å². The van der Waals surface area contributed by atoms with Crippen LogP contribution in [0.25, 0.3) is 0 Å². The van der Waals surface area contributed by atoms with Crippen molar-refractivity contribution in [3.63, 3.8) is 0 Å². The summed E-state index contributed by atoms with van der Waals surface area (Å²) in [6, 6.07) is 7.28. The van der Waals surface area contributed by atoms with Crippen molar-refractivity contribution in [3.8, 4) is 0 Å². The summed E-state index contributed by atoms with van der Waals surface area (Å²) in [5, 5.41) is 11.6. The molecule has 1 aromatic carbocycles. The number of carbonyl (C=O) groups excluding carboxylic acids is 3. The molecule has 8 nitrogen and oxygen atoms in total. The third-order valence-corrected chi connectivity index (χ3v) is 2.95. The molecule has 1 aromatic rings. The molecular weight excluding hydrogens is 318 g/mol. The van der Waals surface area contributed by atoms with E-state index in [1.807, 2.05) is 19.1 Å². The molecule has 0 aliphatic carbocycles. The zero-order valence-electron chi connectivity index (χ0n) is 13.6. The van der Waals surface area contributed by atoms with Crippen molar-refractivity contribution in [1.82, 2.24) is 5.32 Å². The summed E-state index contributed by atoms with van der Waals surface area (Å²) < 4.78 is 9.32. The van der Waals surface area contributed by atoms with Crippen LogP contribution in [0.1, 0.15) is 25.0 Å². The van der Waals surface area contributed by atoms with Crippen LogP contribution >= 0.6 is 0 Å². The number of esters is 2. The van der Waals surface area contributed by atoms with Gasteiger partial charge in [0.2, 0.25) is 12.2 Å². The molecule has 8 heteroatoms. The molecule has 2 N–H and O–H groups in total. The van der Waals surface area contributed by atoms with Crippen molar-refractivity contribution in [2.45, 2.75) is 39.5 Å². The fraction of sp³-hybridized carbons (Fsp3) is 0.375. The number of aliphatic carboxylic acids is 1. The summed E-state index contributed by atoms with van der Waals surface area (Å²) in [6.07, 6.45) is -3.71. The quantitative estimate of drug-likeness (QED) is 0.698. The van der Waals surface area contributed by atoms with Crippen molar-refractivity contribution in [1.29, 1.82) is 0 Å². The minimum Gasteiger partial charge on any atom is -0.478 e. The number of carbonyl (C=O) groups is 4. The van der Waals surface area contributed by atoms with Gasteiger partial charge < -0.3 is 19.9 Å². The lowest BCUT2D eigenvalue weighted by Gasteiger charge is -2.22.